The normalized spacial score (nSPS) is 13.5. The van der Waals surface area contributed by atoms with Crippen molar-refractivity contribution in [1.82, 2.24) is 19.1 Å². The molecule has 0 spiro atoms. The molecule has 1 aliphatic rings. The van der Waals surface area contributed by atoms with Crippen LogP contribution in [0.15, 0.2) is 158 Å². The van der Waals surface area contributed by atoms with Gasteiger partial charge in [-0.05, 0) is 53.6 Å². The van der Waals surface area contributed by atoms with Gasteiger partial charge in [0.2, 0.25) is 0 Å². The number of hydrogen-bond donors (Lipinski definition) is 0. The summed E-state index contributed by atoms with van der Waals surface area (Å²) in [6.45, 7) is 4.72. The molecule has 0 unspecified atom stereocenters. The van der Waals surface area contributed by atoms with Crippen LogP contribution in [0.3, 0.4) is 0 Å². The van der Waals surface area contributed by atoms with Crippen molar-refractivity contribution in [2.24, 2.45) is 0 Å². The van der Waals surface area contributed by atoms with Crippen molar-refractivity contribution >= 4 is 75.3 Å². The van der Waals surface area contributed by atoms with Crippen molar-refractivity contribution in [3.8, 4) is 34.0 Å². The summed E-state index contributed by atoms with van der Waals surface area (Å²) >= 11 is 1.87. The van der Waals surface area contributed by atoms with Gasteiger partial charge in [0, 0.05) is 59.2 Å². The summed E-state index contributed by atoms with van der Waals surface area (Å²) in [5.74, 6) is 0.731. The molecule has 4 aromatic heterocycles. The van der Waals surface area contributed by atoms with Gasteiger partial charge in [0.15, 0.2) is 5.82 Å². The van der Waals surface area contributed by atoms with Crippen molar-refractivity contribution in [3.05, 3.63) is 169 Å². The predicted molar refractivity (Wildman–Crippen MR) is 227 cm³/mol. The minimum Gasteiger partial charge on any atom is -0.309 e. The van der Waals surface area contributed by atoms with E-state index < -0.39 is 0 Å². The van der Waals surface area contributed by atoms with Crippen LogP contribution in [0.1, 0.15) is 25.0 Å². The second-order valence-corrected chi connectivity index (χ2v) is 16.0. The third kappa shape index (κ3) is 3.91. The molecule has 254 valence electrons. The van der Waals surface area contributed by atoms with Gasteiger partial charge in [0.25, 0.3) is 0 Å². The summed E-state index contributed by atoms with van der Waals surface area (Å²) in [6, 6.07) is 57.0. The zero-order valence-corrected chi connectivity index (χ0v) is 30.5. The van der Waals surface area contributed by atoms with Gasteiger partial charge in [-0.3, -0.25) is 4.57 Å². The molecular formula is C49H32N4S. The molecule has 5 heterocycles. The van der Waals surface area contributed by atoms with Gasteiger partial charge >= 0.3 is 0 Å². The molecule has 0 radical (unpaired) electrons. The van der Waals surface area contributed by atoms with E-state index in [1.165, 1.54) is 69.8 Å². The summed E-state index contributed by atoms with van der Waals surface area (Å²) in [5.41, 5.74) is 12.3. The predicted octanol–water partition coefficient (Wildman–Crippen LogP) is 13.0. The van der Waals surface area contributed by atoms with Crippen LogP contribution in [0.4, 0.5) is 0 Å². The van der Waals surface area contributed by atoms with Crippen molar-refractivity contribution in [3.63, 3.8) is 0 Å². The van der Waals surface area contributed by atoms with E-state index in [0.717, 1.165) is 39.2 Å². The molecule has 0 bridgehead atoms. The SMILES string of the molecule is CC1(C)c2cccc(-c3nc(-c4cccc(-n5c6ccccc6c6ccccc65)c4)c4ccccc4n3)c2-n2c3sc4ccccc4c3c3cccc1c32. The number of para-hydroxylation sites is 5. The molecule has 4 nitrogen and oxygen atoms in total. The number of aromatic nitrogens is 4. The summed E-state index contributed by atoms with van der Waals surface area (Å²) in [5, 5.41) is 7.47. The molecule has 54 heavy (non-hydrogen) atoms. The van der Waals surface area contributed by atoms with Gasteiger partial charge in [-0.15, -0.1) is 11.3 Å². The van der Waals surface area contributed by atoms with E-state index in [0.29, 0.717) is 0 Å². The topological polar surface area (TPSA) is 35.6 Å². The Labute approximate surface area is 315 Å². The first-order valence-electron chi connectivity index (χ1n) is 18.5. The quantitative estimate of drug-likeness (QED) is 0.183. The molecular weight excluding hydrogens is 677 g/mol. The number of thiophene rings is 1. The summed E-state index contributed by atoms with van der Waals surface area (Å²) < 4.78 is 6.20. The lowest BCUT2D eigenvalue weighted by Crippen LogP contribution is -2.26. The average molecular weight is 709 g/mol. The van der Waals surface area contributed by atoms with Gasteiger partial charge < -0.3 is 4.57 Å². The smallest absolute Gasteiger partial charge is 0.162 e. The standard InChI is InChI=1S/C49H32N4S/c1-49(2)37-22-12-20-35-43-34-19-6-10-27-42(34)54-48(43)53(45(35)37)46-36(21-13-23-38(46)49)47-50-39-24-7-3-18-33(39)44(51-47)29-14-11-15-30(28-29)52-40-25-8-4-16-31(40)32-17-5-9-26-41(32)52/h3-28H,1-2H3. The van der Waals surface area contributed by atoms with Gasteiger partial charge in [-0.2, -0.15) is 0 Å². The van der Waals surface area contributed by atoms with Crippen LogP contribution in [0, 0.1) is 0 Å². The Bertz CT molecular complexity index is 3320. The molecule has 0 amide bonds. The van der Waals surface area contributed by atoms with Crippen molar-refractivity contribution < 1.29 is 0 Å². The number of benzene rings is 7. The molecule has 0 N–H and O–H groups in total. The molecule has 0 atom stereocenters. The van der Waals surface area contributed by atoms with Crippen LogP contribution in [0.25, 0.3) is 97.9 Å². The Morgan fingerprint density at radius 2 is 1.19 bits per heavy atom. The molecule has 0 aliphatic carbocycles. The van der Waals surface area contributed by atoms with Crippen LogP contribution >= 0.6 is 11.3 Å². The summed E-state index contributed by atoms with van der Waals surface area (Å²) in [7, 11) is 0. The first-order chi connectivity index (χ1) is 26.6. The van der Waals surface area contributed by atoms with Gasteiger partial charge in [-0.1, -0.05) is 129 Å². The number of fused-ring (bicyclic) bond motifs is 11. The minimum absolute atomic E-state index is 0.229. The van der Waals surface area contributed by atoms with Gasteiger partial charge in [0.1, 0.15) is 4.83 Å². The fourth-order valence-corrected chi connectivity index (χ4v) is 10.5. The van der Waals surface area contributed by atoms with Crippen molar-refractivity contribution in [2.75, 3.05) is 0 Å². The highest BCUT2D eigenvalue weighted by Gasteiger charge is 2.37. The minimum atomic E-state index is -0.229. The van der Waals surface area contributed by atoms with Crippen LogP contribution in [0.2, 0.25) is 0 Å². The van der Waals surface area contributed by atoms with E-state index in [1.54, 1.807) is 0 Å². The molecule has 0 fully saturated rings. The van der Waals surface area contributed by atoms with Crippen LogP contribution in [-0.4, -0.2) is 19.1 Å². The Hall–Kier alpha value is -6.56. The highest BCUT2D eigenvalue weighted by atomic mass is 32.1. The van der Waals surface area contributed by atoms with Crippen molar-refractivity contribution in [2.45, 2.75) is 19.3 Å². The van der Waals surface area contributed by atoms with E-state index in [1.807, 2.05) is 11.3 Å². The molecule has 12 rings (SSSR count). The Balaban J connectivity index is 1.13. The lowest BCUT2D eigenvalue weighted by atomic mass is 9.74. The monoisotopic (exact) mass is 708 g/mol. The number of nitrogens with zero attached hydrogens (tertiary/aromatic N) is 4. The lowest BCUT2D eigenvalue weighted by molar-refractivity contribution is 0.630. The fraction of sp³-hybridized carbons (Fsp3) is 0.0612. The summed E-state index contributed by atoms with van der Waals surface area (Å²) in [4.78, 5) is 12.2. The Kier molecular flexibility index (Phi) is 5.96. The maximum atomic E-state index is 5.54. The highest BCUT2D eigenvalue weighted by Crippen LogP contribution is 2.52. The second-order valence-electron chi connectivity index (χ2n) is 15.0. The number of rotatable bonds is 3. The Morgan fingerprint density at radius 1 is 0.537 bits per heavy atom. The zero-order chi connectivity index (χ0) is 35.7. The highest BCUT2D eigenvalue weighted by molar-refractivity contribution is 7.25. The molecule has 5 heteroatoms. The Morgan fingerprint density at radius 3 is 2.00 bits per heavy atom. The van der Waals surface area contributed by atoms with Crippen LogP contribution in [-0.2, 0) is 5.41 Å². The summed E-state index contributed by atoms with van der Waals surface area (Å²) in [6.07, 6.45) is 0. The molecule has 7 aromatic carbocycles. The first-order valence-corrected chi connectivity index (χ1v) is 19.3. The molecule has 0 saturated carbocycles. The van der Waals surface area contributed by atoms with Crippen molar-refractivity contribution in [1.29, 1.82) is 0 Å². The molecule has 1 aliphatic heterocycles. The number of hydrogen-bond acceptors (Lipinski definition) is 3. The van der Waals surface area contributed by atoms with Crippen LogP contribution in [0.5, 0.6) is 0 Å². The van der Waals surface area contributed by atoms with E-state index in [2.05, 4.69) is 181 Å². The lowest BCUT2D eigenvalue weighted by Gasteiger charge is -2.35. The molecule has 11 aromatic rings. The third-order valence-electron chi connectivity index (χ3n) is 11.7. The van der Waals surface area contributed by atoms with E-state index in [9.17, 15) is 0 Å². The second kappa shape index (κ2) is 10.8. The first kappa shape index (κ1) is 30.0. The van der Waals surface area contributed by atoms with E-state index in [-0.39, 0.29) is 5.41 Å². The maximum absolute atomic E-state index is 5.54. The van der Waals surface area contributed by atoms with Gasteiger partial charge in [-0.25, -0.2) is 9.97 Å². The largest absolute Gasteiger partial charge is 0.309 e. The average Bonchev–Trinajstić information content (AvgIpc) is 3.87. The zero-order valence-electron chi connectivity index (χ0n) is 29.7. The van der Waals surface area contributed by atoms with E-state index >= 15 is 0 Å². The molecule has 0 saturated heterocycles. The van der Waals surface area contributed by atoms with Gasteiger partial charge in [0.05, 0.1) is 33.4 Å². The van der Waals surface area contributed by atoms with E-state index in [4.69, 9.17) is 9.97 Å². The van der Waals surface area contributed by atoms with Crippen LogP contribution < -0.4 is 0 Å². The maximum Gasteiger partial charge on any atom is 0.162 e. The fourth-order valence-electron chi connectivity index (χ4n) is 9.28. The third-order valence-corrected chi connectivity index (χ3v) is 12.9.